The smallest absolute Gasteiger partial charge is 0.273 e. The molecule has 0 aliphatic rings. The van der Waals surface area contributed by atoms with E-state index in [1.807, 2.05) is 60.8 Å². The van der Waals surface area contributed by atoms with Gasteiger partial charge in [-0.15, -0.1) is 10.2 Å². The van der Waals surface area contributed by atoms with Gasteiger partial charge in [0.1, 0.15) is 6.04 Å². The topological polar surface area (TPSA) is 167 Å². The van der Waals surface area contributed by atoms with E-state index < -0.39 is 17.9 Å². The molecule has 0 saturated heterocycles. The predicted molar refractivity (Wildman–Crippen MR) is 140 cm³/mol. The first-order valence-corrected chi connectivity index (χ1v) is 11.4. The number of pyridine rings is 1. The third-order valence-corrected chi connectivity index (χ3v) is 5.78. The molecular weight excluding hydrogens is 470 g/mol. The fourth-order valence-electron chi connectivity index (χ4n) is 3.89. The molecule has 1 atom stereocenters. The monoisotopic (exact) mass is 493 g/mol. The first-order valence-electron chi connectivity index (χ1n) is 11.4. The van der Waals surface area contributed by atoms with E-state index in [0.29, 0.717) is 5.69 Å². The maximum absolute atomic E-state index is 12.1. The maximum atomic E-state index is 12.1. The molecule has 11 nitrogen and oxygen atoms in total. The minimum absolute atomic E-state index is 0.0142. The molecule has 0 unspecified atom stereocenters. The molecule has 0 aliphatic heterocycles. The van der Waals surface area contributed by atoms with Gasteiger partial charge in [0.05, 0.1) is 5.52 Å². The van der Waals surface area contributed by atoms with Gasteiger partial charge in [-0.2, -0.15) is 4.98 Å². The Morgan fingerprint density at radius 3 is 2.49 bits per heavy atom. The fourth-order valence-corrected chi connectivity index (χ4v) is 3.89. The molecule has 184 valence electrons. The van der Waals surface area contributed by atoms with Gasteiger partial charge in [-0.05, 0) is 48.9 Å². The number of aromatic nitrogens is 5. The number of nitrogens with one attached hydrogen (secondary N) is 2. The van der Waals surface area contributed by atoms with E-state index >= 15 is 0 Å². The lowest BCUT2D eigenvalue weighted by Crippen LogP contribution is -2.33. The lowest BCUT2D eigenvalue weighted by Gasteiger charge is -2.15. The van der Waals surface area contributed by atoms with Gasteiger partial charge in [0.15, 0.2) is 11.5 Å². The molecule has 3 aromatic heterocycles. The molecule has 0 saturated carbocycles. The number of rotatable bonds is 8. The molecule has 0 fully saturated rings. The van der Waals surface area contributed by atoms with Gasteiger partial charge in [0.25, 0.3) is 5.91 Å². The van der Waals surface area contributed by atoms with E-state index in [1.54, 1.807) is 19.3 Å². The number of nitrogens with zero attached hydrogens (tertiary/aromatic N) is 5. The van der Waals surface area contributed by atoms with Crippen molar-refractivity contribution >= 4 is 40.2 Å². The van der Waals surface area contributed by atoms with Gasteiger partial charge in [-0.3, -0.25) is 14.6 Å². The summed E-state index contributed by atoms with van der Waals surface area (Å²) < 4.78 is 2.06. The highest BCUT2D eigenvalue weighted by Crippen LogP contribution is 2.35. The predicted octanol–water partition coefficient (Wildman–Crippen LogP) is 3.01. The third-order valence-electron chi connectivity index (χ3n) is 5.78. The van der Waals surface area contributed by atoms with E-state index in [2.05, 4.69) is 41.4 Å². The van der Waals surface area contributed by atoms with Crippen molar-refractivity contribution in [3.8, 4) is 16.8 Å². The van der Waals surface area contributed by atoms with Crippen LogP contribution in [0.2, 0.25) is 0 Å². The summed E-state index contributed by atoms with van der Waals surface area (Å²) in [6.45, 7) is 1.56. The highest BCUT2D eigenvalue weighted by Gasteiger charge is 2.19. The summed E-state index contributed by atoms with van der Waals surface area (Å²) in [4.78, 5) is 32.2. The summed E-state index contributed by atoms with van der Waals surface area (Å²) in [7, 11) is 0. The van der Waals surface area contributed by atoms with Crippen molar-refractivity contribution in [1.82, 2.24) is 24.7 Å². The number of amides is 2. The Hall–Kier alpha value is -5.32. The molecule has 2 aromatic carbocycles. The normalized spacial score (nSPS) is 11.7. The number of hydrogen-bond acceptors (Lipinski definition) is 8. The van der Waals surface area contributed by atoms with Gasteiger partial charge >= 0.3 is 0 Å². The zero-order valence-corrected chi connectivity index (χ0v) is 19.8. The Labute approximate surface area is 211 Å². The highest BCUT2D eigenvalue weighted by atomic mass is 16.1. The molecular formula is C26H23N9O2. The number of carbonyl (C=O) groups excluding carboxylic acids is 2. The number of benzene rings is 2. The average Bonchev–Trinajstić information content (AvgIpc) is 3.34. The zero-order chi connectivity index (χ0) is 25.9. The summed E-state index contributed by atoms with van der Waals surface area (Å²) >= 11 is 0. The Morgan fingerprint density at radius 1 is 0.973 bits per heavy atom. The summed E-state index contributed by atoms with van der Waals surface area (Å²) in [5, 5.41) is 14.6. The van der Waals surface area contributed by atoms with Crippen LogP contribution in [0.25, 0.3) is 27.7 Å². The summed E-state index contributed by atoms with van der Waals surface area (Å²) in [6, 6.07) is 19.0. The van der Waals surface area contributed by atoms with Crippen LogP contribution in [-0.4, -0.2) is 42.6 Å². The van der Waals surface area contributed by atoms with Crippen molar-refractivity contribution < 1.29 is 9.59 Å². The summed E-state index contributed by atoms with van der Waals surface area (Å²) in [5.41, 5.74) is 15.1. The van der Waals surface area contributed by atoms with Crippen LogP contribution in [0, 0.1) is 0 Å². The van der Waals surface area contributed by atoms with Crippen molar-refractivity contribution in [3.63, 3.8) is 0 Å². The number of nitrogens with two attached hydrogens (primary N) is 2. The SMILES string of the molecule is C[C@@H](Nc1nnc(C(N)=O)c(Nc2cc(-c3cccnc3)cc3c2ccn3-c2ccccc2)n1)C(N)=O. The minimum Gasteiger partial charge on any atom is -0.368 e. The lowest BCUT2D eigenvalue weighted by atomic mass is 10.0. The Morgan fingerprint density at radius 2 is 1.78 bits per heavy atom. The first-order chi connectivity index (χ1) is 17.9. The van der Waals surface area contributed by atoms with Gasteiger partial charge in [-0.25, -0.2) is 0 Å². The molecule has 6 N–H and O–H groups in total. The molecule has 0 radical (unpaired) electrons. The summed E-state index contributed by atoms with van der Waals surface area (Å²) in [5.74, 6) is -1.30. The average molecular weight is 494 g/mol. The second-order valence-electron chi connectivity index (χ2n) is 8.31. The van der Waals surface area contributed by atoms with Crippen molar-refractivity contribution in [2.45, 2.75) is 13.0 Å². The molecule has 37 heavy (non-hydrogen) atoms. The Balaban J connectivity index is 1.66. The van der Waals surface area contributed by atoms with Crippen molar-refractivity contribution in [2.75, 3.05) is 10.6 Å². The molecule has 3 heterocycles. The van der Waals surface area contributed by atoms with Crippen LogP contribution in [0.5, 0.6) is 0 Å². The maximum Gasteiger partial charge on any atom is 0.273 e. The van der Waals surface area contributed by atoms with Crippen molar-refractivity contribution in [1.29, 1.82) is 0 Å². The molecule has 0 bridgehead atoms. The van der Waals surface area contributed by atoms with Crippen LogP contribution >= 0.6 is 0 Å². The highest BCUT2D eigenvalue weighted by molar-refractivity contribution is 6.01. The number of carbonyl (C=O) groups is 2. The third kappa shape index (κ3) is 4.78. The molecule has 2 amide bonds. The molecule has 0 aliphatic carbocycles. The van der Waals surface area contributed by atoms with E-state index in [0.717, 1.165) is 27.7 Å². The minimum atomic E-state index is -0.807. The number of anilines is 3. The van der Waals surface area contributed by atoms with Crippen LogP contribution in [0.4, 0.5) is 17.5 Å². The van der Waals surface area contributed by atoms with Crippen LogP contribution in [0.3, 0.4) is 0 Å². The first kappa shape index (κ1) is 23.4. The van der Waals surface area contributed by atoms with Crippen LogP contribution < -0.4 is 22.1 Å². The number of fused-ring (bicyclic) bond motifs is 1. The quantitative estimate of drug-likeness (QED) is 0.256. The second kappa shape index (κ2) is 9.74. The van der Waals surface area contributed by atoms with Crippen molar-refractivity contribution in [3.05, 3.63) is 84.9 Å². The largest absolute Gasteiger partial charge is 0.368 e. The standard InChI is InChI=1S/C26H23N9O2/c1-15(23(27)36)30-26-32-25(22(24(28)37)33-34-26)31-20-12-17(16-6-5-10-29-14-16)13-21-19(20)9-11-35(21)18-7-3-2-4-8-18/h2-15H,1H3,(H2,27,36)(H2,28,37)(H2,30,31,32,34)/t15-/m1/s1. The van der Waals surface area contributed by atoms with Crippen LogP contribution in [0.15, 0.2) is 79.3 Å². The molecule has 5 rings (SSSR count). The number of para-hydroxylation sites is 1. The Kier molecular flexibility index (Phi) is 6.17. The van der Waals surface area contributed by atoms with Gasteiger partial charge in [0.2, 0.25) is 11.9 Å². The van der Waals surface area contributed by atoms with E-state index in [1.165, 1.54) is 0 Å². The molecule has 5 aromatic rings. The Bertz CT molecular complexity index is 1600. The summed E-state index contributed by atoms with van der Waals surface area (Å²) in [6.07, 6.45) is 5.45. The van der Waals surface area contributed by atoms with E-state index in [4.69, 9.17) is 11.5 Å². The van der Waals surface area contributed by atoms with Crippen LogP contribution in [-0.2, 0) is 4.79 Å². The van der Waals surface area contributed by atoms with Gasteiger partial charge < -0.3 is 26.7 Å². The molecule has 0 spiro atoms. The van der Waals surface area contributed by atoms with E-state index in [9.17, 15) is 9.59 Å². The van der Waals surface area contributed by atoms with Crippen molar-refractivity contribution in [2.24, 2.45) is 11.5 Å². The molecule has 11 heteroatoms. The second-order valence-corrected chi connectivity index (χ2v) is 8.31. The van der Waals surface area contributed by atoms with E-state index in [-0.39, 0.29) is 17.5 Å². The number of hydrogen-bond donors (Lipinski definition) is 4. The van der Waals surface area contributed by atoms with Gasteiger partial charge in [0, 0.05) is 40.9 Å². The fraction of sp³-hybridized carbons (Fsp3) is 0.0769. The van der Waals surface area contributed by atoms with Gasteiger partial charge in [-0.1, -0.05) is 24.3 Å². The number of primary amides is 2. The zero-order valence-electron chi connectivity index (χ0n) is 19.8. The van der Waals surface area contributed by atoms with Crippen LogP contribution in [0.1, 0.15) is 17.4 Å². The lowest BCUT2D eigenvalue weighted by molar-refractivity contribution is -0.118.